The molecule has 1 atom stereocenters. The summed E-state index contributed by atoms with van der Waals surface area (Å²) in [6.45, 7) is 3.09. The molecule has 0 spiro atoms. The van der Waals surface area contributed by atoms with E-state index in [1.54, 1.807) is 11.3 Å². The number of fused-ring (bicyclic) bond motifs is 1. The Balaban J connectivity index is 2.08. The molecule has 0 amide bonds. The molecule has 5 heteroatoms. The van der Waals surface area contributed by atoms with Gasteiger partial charge in [0.25, 0.3) is 0 Å². The van der Waals surface area contributed by atoms with Crippen molar-refractivity contribution in [2.24, 2.45) is 0 Å². The molecule has 20 heavy (non-hydrogen) atoms. The summed E-state index contributed by atoms with van der Waals surface area (Å²) < 4.78 is 3.69. The summed E-state index contributed by atoms with van der Waals surface area (Å²) in [6, 6.07) is 13.3. The Kier molecular flexibility index (Phi) is 4.62. The van der Waals surface area contributed by atoms with E-state index in [0.29, 0.717) is 0 Å². The summed E-state index contributed by atoms with van der Waals surface area (Å²) in [5.41, 5.74) is 1.30. The second-order valence-electron chi connectivity index (χ2n) is 4.46. The van der Waals surface area contributed by atoms with Gasteiger partial charge in [-0.3, -0.25) is 0 Å². The average molecular weight is 431 g/mol. The van der Waals surface area contributed by atoms with E-state index in [1.807, 2.05) is 11.3 Å². The first-order valence-electron chi connectivity index (χ1n) is 6.35. The number of halogens is 2. The van der Waals surface area contributed by atoms with Gasteiger partial charge in [-0.2, -0.15) is 0 Å². The highest BCUT2D eigenvalue weighted by atomic mass is 79.9. The van der Waals surface area contributed by atoms with Crippen LogP contribution < -0.4 is 5.32 Å². The van der Waals surface area contributed by atoms with Crippen molar-refractivity contribution < 1.29 is 0 Å². The molecule has 0 aliphatic carbocycles. The molecule has 1 aromatic carbocycles. The molecule has 0 aliphatic rings. The lowest BCUT2D eigenvalue weighted by atomic mass is 10.1. The van der Waals surface area contributed by atoms with Gasteiger partial charge in [0.2, 0.25) is 0 Å². The molecule has 3 rings (SSSR count). The third-order valence-electron chi connectivity index (χ3n) is 3.13. The lowest BCUT2D eigenvalue weighted by Crippen LogP contribution is -2.20. The Morgan fingerprint density at radius 1 is 1.15 bits per heavy atom. The monoisotopic (exact) mass is 429 g/mol. The van der Waals surface area contributed by atoms with Gasteiger partial charge in [0.05, 0.1) is 13.6 Å². The predicted octanol–water partition coefficient (Wildman–Crippen LogP) is 6.19. The van der Waals surface area contributed by atoms with Crippen molar-refractivity contribution in [1.82, 2.24) is 5.32 Å². The molecule has 1 N–H and O–H groups in total. The Hall–Kier alpha value is -0.200. The summed E-state index contributed by atoms with van der Waals surface area (Å²) in [7, 11) is 0. The molecular formula is C15H13Br2NS2. The lowest BCUT2D eigenvalue weighted by Gasteiger charge is -2.15. The van der Waals surface area contributed by atoms with Crippen LogP contribution >= 0.6 is 54.5 Å². The maximum atomic E-state index is 3.68. The van der Waals surface area contributed by atoms with Crippen LogP contribution in [0.15, 0.2) is 44.0 Å². The van der Waals surface area contributed by atoms with Crippen molar-refractivity contribution >= 4 is 64.6 Å². The van der Waals surface area contributed by atoms with E-state index in [9.17, 15) is 0 Å². The normalized spacial score (nSPS) is 12.9. The van der Waals surface area contributed by atoms with Crippen LogP contribution in [0.4, 0.5) is 0 Å². The van der Waals surface area contributed by atoms with E-state index in [2.05, 4.69) is 80.5 Å². The highest BCUT2D eigenvalue weighted by molar-refractivity contribution is 9.12. The van der Waals surface area contributed by atoms with Crippen LogP contribution in [0.2, 0.25) is 0 Å². The molecule has 0 radical (unpaired) electrons. The van der Waals surface area contributed by atoms with E-state index < -0.39 is 0 Å². The van der Waals surface area contributed by atoms with Gasteiger partial charge in [-0.25, -0.2) is 0 Å². The zero-order valence-electron chi connectivity index (χ0n) is 10.8. The van der Waals surface area contributed by atoms with Crippen LogP contribution in [0.3, 0.4) is 0 Å². The Morgan fingerprint density at radius 3 is 2.60 bits per heavy atom. The fourth-order valence-corrected chi connectivity index (χ4v) is 6.32. The Labute approximate surface area is 143 Å². The quantitative estimate of drug-likeness (QED) is 0.520. The van der Waals surface area contributed by atoms with Gasteiger partial charge in [0, 0.05) is 15.1 Å². The predicted molar refractivity (Wildman–Crippen MR) is 97.1 cm³/mol. The Morgan fingerprint density at radius 2 is 1.95 bits per heavy atom. The molecule has 0 bridgehead atoms. The number of nitrogens with one attached hydrogen (secondary N) is 1. The molecule has 0 aliphatic heterocycles. The van der Waals surface area contributed by atoms with Gasteiger partial charge in [0.1, 0.15) is 0 Å². The van der Waals surface area contributed by atoms with Crippen LogP contribution in [0, 0.1) is 0 Å². The van der Waals surface area contributed by atoms with Crippen molar-refractivity contribution in [2.45, 2.75) is 13.0 Å². The van der Waals surface area contributed by atoms with E-state index in [1.165, 1.54) is 24.3 Å². The van der Waals surface area contributed by atoms with Gasteiger partial charge in [-0.05, 0) is 62.0 Å². The highest BCUT2D eigenvalue weighted by Crippen LogP contribution is 2.40. The molecule has 2 aromatic heterocycles. The molecule has 0 fully saturated rings. The SMILES string of the molecule is CCNC(c1cc2ccccc2s1)c1cc(Br)sc1Br. The maximum Gasteiger partial charge on any atom is 0.0762 e. The van der Waals surface area contributed by atoms with Crippen molar-refractivity contribution in [3.05, 3.63) is 54.4 Å². The van der Waals surface area contributed by atoms with Crippen molar-refractivity contribution in [2.75, 3.05) is 6.54 Å². The number of hydrogen-bond acceptors (Lipinski definition) is 3. The third kappa shape index (κ3) is 2.88. The van der Waals surface area contributed by atoms with Crippen molar-refractivity contribution in [1.29, 1.82) is 0 Å². The summed E-state index contributed by atoms with van der Waals surface area (Å²) >= 11 is 10.8. The van der Waals surface area contributed by atoms with E-state index in [4.69, 9.17) is 0 Å². The van der Waals surface area contributed by atoms with Gasteiger partial charge in [0.15, 0.2) is 0 Å². The third-order valence-corrected chi connectivity index (χ3v) is 6.70. The largest absolute Gasteiger partial charge is 0.306 e. The number of benzene rings is 1. The van der Waals surface area contributed by atoms with Gasteiger partial charge < -0.3 is 5.32 Å². The van der Waals surface area contributed by atoms with Crippen LogP contribution in [0.25, 0.3) is 10.1 Å². The van der Waals surface area contributed by atoms with E-state index in [0.717, 1.165) is 10.3 Å². The average Bonchev–Trinajstić information content (AvgIpc) is 2.99. The maximum absolute atomic E-state index is 3.68. The minimum absolute atomic E-state index is 0.245. The molecule has 3 aromatic rings. The lowest BCUT2D eigenvalue weighted by molar-refractivity contribution is 0.640. The summed E-state index contributed by atoms with van der Waals surface area (Å²) in [5, 5.41) is 4.92. The molecule has 0 saturated heterocycles. The van der Waals surface area contributed by atoms with Crippen LogP contribution in [0.5, 0.6) is 0 Å². The van der Waals surface area contributed by atoms with Crippen LogP contribution in [0.1, 0.15) is 23.4 Å². The summed E-state index contributed by atoms with van der Waals surface area (Å²) in [5.74, 6) is 0. The number of thiophene rings is 2. The second-order valence-corrected chi connectivity index (χ2v) is 9.32. The summed E-state index contributed by atoms with van der Waals surface area (Å²) in [6.07, 6.45) is 0. The first-order valence-corrected chi connectivity index (χ1v) is 9.57. The first kappa shape index (κ1) is 14.7. The minimum atomic E-state index is 0.245. The molecule has 2 heterocycles. The van der Waals surface area contributed by atoms with Crippen molar-refractivity contribution in [3.63, 3.8) is 0 Å². The molecule has 1 nitrogen and oxygen atoms in total. The van der Waals surface area contributed by atoms with E-state index >= 15 is 0 Å². The molecule has 0 saturated carbocycles. The van der Waals surface area contributed by atoms with Gasteiger partial charge >= 0.3 is 0 Å². The van der Waals surface area contributed by atoms with Crippen LogP contribution in [-0.2, 0) is 0 Å². The molecule has 104 valence electrons. The topological polar surface area (TPSA) is 12.0 Å². The fourth-order valence-electron chi connectivity index (χ4n) is 2.26. The zero-order valence-corrected chi connectivity index (χ0v) is 15.6. The standard InChI is InChI=1S/C15H13Br2NS2/c1-2-18-14(10-8-13(16)20-15(10)17)12-7-9-5-3-4-6-11(9)19-12/h3-8,14,18H,2H2,1H3. The minimum Gasteiger partial charge on any atom is -0.306 e. The Bertz CT molecular complexity index is 699. The second kappa shape index (κ2) is 6.28. The van der Waals surface area contributed by atoms with Gasteiger partial charge in [-0.15, -0.1) is 22.7 Å². The van der Waals surface area contributed by atoms with Crippen molar-refractivity contribution in [3.8, 4) is 0 Å². The molecular weight excluding hydrogens is 418 g/mol. The fraction of sp³-hybridized carbons (Fsp3) is 0.200. The zero-order chi connectivity index (χ0) is 14.1. The highest BCUT2D eigenvalue weighted by Gasteiger charge is 2.20. The van der Waals surface area contributed by atoms with Gasteiger partial charge in [-0.1, -0.05) is 25.1 Å². The van der Waals surface area contributed by atoms with E-state index in [-0.39, 0.29) is 6.04 Å². The number of rotatable bonds is 4. The molecule has 1 unspecified atom stereocenters. The smallest absolute Gasteiger partial charge is 0.0762 e. The number of hydrogen-bond donors (Lipinski definition) is 1. The van der Waals surface area contributed by atoms with Crippen LogP contribution in [-0.4, -0.2) is 6.54 Å². The first-order chi connectivity index (χ1) is 9.69. The summed E-state index contributed by atoms with van der Waals surface area (Å²) in [4.78, 5) is 1.36.